The number of nitrogens with one attached hydrogen (secondary N) is 2. The van der Waals surface area contributed by atoms with E-state index in [0.717, 1.165) is 22.8 Å². The normalized spacial score (nSPS) is 20.1. The number of pyridine rings is 1. The molecule has 6 rings (SSSR count). The number of H-pyrrole nitrogens is 1. The third kappa shape index (κ3) is 4.06. The van der Waals surface area contributed by atoms with Crippen LogP contribution >= 0.6 is 0 Å². The molecule has 3 aromatic heterocycles. The zero-order valence-electron chi connectivity index (χ0n) is 21.3. The minimum Gasteiger partial charge on any atom is -0.351 e. The van der Waals surface area contributed by atoms with Crippen molar-refractivity contribution < 1.29 is 14.4 Å². The fourth-order valence-electron chi connectivity index (χ4n) is 5.74. The molecule has 2 saturated heterocycles. The zero-order chi connectivity index (χ0) is 25.9. The number of hydrogen-bond acceptors (Lipinski definition) is 3. The Bertz CT molecular complexity index is 1460. The largest absolute Gasteiger partial charge is 0.351 e. The molecule has 8 nitrogen and oxygen atoms in total. The summed E-state index contributed by atoms with van der Waals surface area (Å²) in [5.41, 5.74) is 2.47. The average Bonchev–Trinajstić information content (AvgIpc) is 3.66. The van der Waals surface area contributed by atoms with Crippen molar-refractivity contribution in [3.05, 3.63) is 78.2 Å². The Morgan fingerprint density at radius 2 is 1.70 bits per heavy atom. The Morgan fingerprint density at radius 3 is 2.41 bits per heavy atom. The second-order valence-corrected chi connectivity index (χ2v) is 11.3. The zero-order valence-corrected chi connectivity index (χ0v) is 21.3. The number of fused-ring (bicyclic) bond motifs is 4. The Hall–Kier alpha value is -4.07. The van der Waals surface area contributed by atoms with Crippen LogP contribution in [0.1, 0.15) is 48.0 Å². The first kappa shape index (κ1) is 23.3. The van der Waals surface area contributed by atoms with Crippen LogP contribution in [0.3, 0.4) is 0 Å². The van der Waals surface area contributed by atoms with E-state index < -0.39 is 11.5 Å². The summed E-state index contributed by atoms with van der Waals surface area (Å²) >= 11 is 0. The molecule has 0 radical (unpaired) electrons. The molecule has 5 heterocycles. The van der Waals surface area contributed by atoms with Crippen molar-refractivity contribution in [1.82, 2.24) is 24.5 Å². The topological polar surface area (TPSA) is 89.9 Å². The lowest BCUT2D eigenvalue weighted by Crippen LogP contribution is -2.59. The van der Waals surface area contributed by atoms with Crippen LogP contribution in [0, 0.1) is 5.41 Å². The van der Waals surface area contributed by atoms with E-state index in [-0.39, 0.29) is 29.8 Å². The van der Waals surface area contributed by atoms with Crippen molar-refractivity contribution in [2.24, 2.45) is 5.41 Å². The van der Waals surface area contributed by atoms with E-state index >= 15 is 0 Å². The van der Waals surface area contributed by atoms with Crippen LogP contribution in [0.15, 0.2) is 67.0 Å². The van der Waals surface area contributed by atoms with Gasteiger partial charge in [-0.15, -0.1) is 0 Å². The van der Waals surface area contributed by atoms with E-state index in [1.54, 1.807) is 0 Å². The summed E-state index contributed by atoms with van der Waals surface area (Å²) < 4.78 is 1.95. The first-order valence-electron chi connectivity index (χ1n) is 12.8. The summed E-state index contributed by atoms with van der Waals surface area (Å²) in [6.07, 6.45) is 4.55. The van der Waals surface area contributed by atoms with Gasteiger partial charge in [-0.3, -0.25) is 14.4 Å². The molecule has 0 unspecified atom stereocenters. The molecule has 0 aliphatic carbocycles. The minimum absolute atomic E-state index is 0.00258. The number of piperazine rings is 1. The van der Waals surface area contributed by atoms with E-state index in [4.69, 9.17) is 0 Å². The summed E-state index contributed by atoms with van der Waals surface area (Å²) in [5, 5.41) is 3.95. The molecule has 0 spiro atoms. The number of aromatic nitrogens is 2. The van der Waals surface area contributed by atoms with Crippen molar-refractivity contribution >= 4 is 34.1 Å². The van der Waals surface area contributed by atoms with E-state index in [2.05, 4.69) is 10.3 Å². The molecule has 190 valence electrons. The Labute approximate surface area is 215 Å². The maximum absolute atomic E-state index is 13.8. The summed E-state index contributed by atoms with van der Waals surface area (Å²) in [6, 6.07) is 16.5. The van der Waals surface area contributed by atoms with Gasteiger partial charge in [-0.1, -0.05) is 45.0 Å². The smallest absolute Gasteiger partial charge is 0.268 e. The van der Waals surface area contributed by atoms with Gasteiger partial charge in [0, 0.05) is 41.9 Å². The number of amides is 3. The van der Waals surface area contributed by atoms with E-state index in [1.165, 1.54) is 0 Å². The fourth-order valence-corrected chi connectivity index (χ4v) is 5.74. The summed E-state index contributed by atoms with van der Waals surface area (Å²) in [7, 11) is 0. The van der Waals surface area contributed by atoms with Crippen molar-refractivity contribution in [3.63, 3.8) is 0 Å². The summed E-state index contributed by atoms with van der Waals surface area (Å²) in [5.74, 6) is -0.389. The molecule has 2 fully saturated rings. The molecular formula is C29H31N5O3. The molecule has 3 amide bonds. The molecule has 8 heteroatoms. The van der Waals surface area contributed by atoms with Gasteiger partial charge in [0.15, 0.2) is 0 Å². The van der Waals surface area contributed by atoms with Gasteiger partial charge in [0.25, 0.3) is 11.8 Å². The third-order valence-electron chi connectivity index (χ3n) is 7.70. The van der Waals surface area contributed by atoms with Gasteiger partial charge < -0.3 is 24.5 Å². The fraction of sp³-hybridized carbons (Fsp3) is 0.345. The van der Waals surface area contributed by atoms with Gasteiger partial charge in [0.2, 0.25) is 5.91 Å². The highest BCUT2D eigenvalue weighted by molar-refractivity contribution is 6.00. The van der Waals surface area contributed by atoms with Crippen molar-refractivity contribution in [2.75, 3.05) is 13.1 Å². The van der Waals surface area contributed by atoms with Gasteiger partial charge in [0.05, 0.1) is 17.6 Å². The van der Waals surface area contributed by atoms with Crippen LogP contribution in [-0.4, -0.2) is 68.1 Å². The number of hydrogen-bond donors (Lipinski definition) is 2. The number of carbonyl (C=O) groups is 3. The lowest BCUT2D eigenvalue weighted by Gasteiger charge is -2.39. The molecule has 3 atom stereocenters. The highest BCUT2D eigenvalue weighted by atomic mass is 16.2. The van der Waals surface area contributed by atoms with Gasteiger partial charge in [-0.05, 0) is 42.2 Å². The first-order valence-corrected chi connectivity index (χ1v) is 12.8. The Morgan fingerprint density at radius 1 is 0.973 bits per heavy atom. The molecule has 4 aromatic rings. The maximum atomic E-state index is 13.8. The van der Waals surface area contributed by atoms with Gasteiger partial charge >= 0.3 is 0 Å². The molecule has 1 aromatic carbocycles. The monoisotopic (exact) mass is 497 g/mol. The standard InChI is InChI=1S/C29H31N5O3/c1-29(2,3)25(31-26(35)24-13-18-8-4-5-10-23(18)30-24)28(37)34-17-21-14-22(34)16-33(21)27(36)19-12-20-9-6-7-11-32(20)15-19/h4-13,15,21-22,25,30H,14,16-17H2,1-3H3,(H,31,35)/t21-,22-,25+/m0/s1. The van der Waals surface area contributed by atoms with E-state index in [9.17, 15) is 14.4 Å². The highest BCUT2D eigenvalue weighted by Crippen LogP contribution is 2.34. The average molecular weight is 498 g/mol. The van der Waals surface area contributed by atoms with Crippen LogP contribution in [0.2, 0.25) is 0 Å². The number of aromatic amines is 1. The number of para-hydroxylation sites is 1. The number of benzene rings is 1. The Kier molecular flexibility index (Phi) is 5.36. The quantitative estimate of drug-likeness (QED) is 0.451. The van der Waals surface area contributed by atoms with Crippen LogP contribution in [0.5, 0.6) is 0 Å². The molecule has 37 heavy (non-hydrogen) atoms. The maximum Gasteiger partial charge on any atom is 0.268 e. The lowest BCUT2D eigenvalue weighted by molar-refractivity contribution is -0.138. The second-order valence-electron chi connectivity index (χ2n) is 11.3. The van der Waals surface area contributed by atoms with Crippen molar-refractivity contribution in [1.29, 1.82) is 0 Å². The van der Waals surface area contributed by atoms with E-state index in [1.807, 2.05) is 102 Å². The van der Waals surface area contributed by atoms with Crippen molar-refractivity contribution in [2.45, 2.75) is 45.3 Å². The van der Waals surface area contributed by atoms with Crippen LogP contribution in [-0.2, 0) is 4.79 Å². The van der Waals surface area contributed by atoms with Crippen LogP contribution in [0.25, 0.3) is 16.4 Å². The summed E-state index contributed by atoms with van der Waals surface area (Å²) in [6.45, 7) is 6.88. The predicted molar refractivity (Wildman–Crippen MR) is 141 cm³/mol. The SMILES string of the molecule is CC(C)(C)[C@H](NC(=O)c1cc2ccccc2[nH]1)C(=O)N1C[C@@H]2C[C@H]1CN2C(=O)c1cc2ccccn2c1. The molecular weight excluding hydrogens is 466 g/mol. The molecule has 2 aliphatic rings. The van der Waals surface area contributed by atoms with Crippen LogP contribution < -0.4 is 5.32 Å². The van der Waals surface area contributed by atoms with Gasteiger partial charge in [-0.2, -0.15) is 0 Å². The molecule has 2 N–H and O–H groups in total. The van der Waals surface area contributed by atoms with Gasteiger partial charge in [0.1, 0.15) is 11.7 Å². The van der Waals surface area contributed by atoms with Crippen molar-refractivity contribution in [3.8, 4) is 0 Å². The summed E-state index contributed by atoms with van der Waals surface area (Å²) in [4.78, 5) is 47.2. The molecule has 0 saturated carbocycles. The Balaban J connectivity index is 1.17. The highest BCUT2D eigenvalue weighted by Gasteiger charge is 2.50. The van der Waals surface area contributed by atoms with Gasteiger partial charge in [-0.25, -0.2) is 0 Å². The van der Waals surface area contributed by atoms with Crippen LogP contribution in [0.4, 0.5) is 0 Å². The third-order valence-corrected chi connectivity index (χ3v) is 7.70. The van der Waals surface area contributed by atoms with E-state index in [0.29, 0.717) is 24.3 Å². The second kappa shape index (κ2) is 8.50. The number of rotatable bonds is 4. The minimum atomic E-state index is -0.688. The molecule has 2 bridgehead atoms. The predicted octanol–water partition coefficient (Wildman–Crippen LogP) is 3.69. The number of likely N-dealkylation sites (tertiary alicyclic amines) is 2. The lowest BCUT2D eigenvalue weighted by atomic mass is 9.85. The number of nitrogens with zero attached hydrogens (tertiary/aromatic N) is 3. The first-order chi connectivity index (χ1) is 17.7. The molecule has 2 aliphatic heterocycles. The number of carbonyl (C=O) groups excluding carboxylic acids is 3.